The second-order valence-corrected chi connectivity index (χ2v) is 7.98. The van der Waals surface area contributed by atoms with Gasteiger partial charge in [0.15, 0.2) is 0 Å². The second-order valence-electron chi connectivity index (χ2n) is 7.98. The molecule has 2 heterocycles. The van der Waals surface area contributed by atoms with Crippen LogP contribution in [0.3, 0.4) is 0 Å². The second kappa shape index (κ2) is 7.92. The minimum atomic E-state index is -0.271. The molecule has 2 atom stereocenters. The number of esters is 1. The fraction of sp³-hybridized carbons (Fsp3) is 0.478. The Morgan fingerprint density at radius 3 is 3.04 bits per heavy atom. The molecule has 0 spiro atoms. The van der Waals surface area contributed by atoms with Crippen LogP contribution in [0.4, 0.5) is 0 Å². The van der Waals surface area contributed by atoms with Crippen LogP contribution < -0.4 is 0 Å². The molecular formula is C23H29N3O2. The maximum absolute atomic E-state index is 12.7. The van der Waals surface area contributed by atoms with E-state index in [0.29, 0.717) is 6.61 Å². The number of aryl methyl sites for hydroxylation is 1. The predicted octanol–water partition coefficient (Wildman–Crippen LogP) is 3.78. The summed E-state index contributed by atoms with van der Waals surface area (Å²) in [4.78, 5) is 19.8. The Morgan fingerprint density at radius 1 is 1.39 bits per heavy atom. The average molecular weight is 380 g/mol. The fourth-order valence-corrected chi connectivity index (χ4v) is 4.50. The topological polar surface area (TPSA) is 46.8 Å². The molecule has 0 amide bonds. The van der Waals surface area contributed by atoms with E-state index in [1.54, 1.807) is 0 Å². The van der Waals surface area contributed by atoms with E-state index >= 15 is 0 Å². The number of fused-ring (bicyclic) bond motifs is 1. The third-order valence-corrected chi connectivity index (χ3v) is 5.81. The monoisotopic (exact) mass is 379 g/mol. The summed E-state index contributed by atoms with van der Waals surface area (Å²) in [6.07, 6.45) is 14.6. The van der Waals surface area contributed by atoms with Crippen molar-refractivity contribution in [2.45, 2.75) is 32.6 Å². The van der Waals surface area contributed by atoms with E-state index in [1.165, 1.54) is 16.8 Å². The Balaban J connectivity index is 1.74. The minimum absolute atomic E-state index is 0.0362. The number of aliphatic imine (C=N–C) groups is 1. The molecule has 0 aromatic carbocycles. The van der Waals surface area contributed by atoms with Crippen molar-refractivity contribution in [3.05, 3.63) is 47.4 Å². The van der Waals surface area contributed by atoms with Gasteiger partial charge in [0.2, 0.25) is 0 Å². The molecule has 4 rings (SSSR count). The summed E-state index contributed by atoms with van der Waals surface area (Å²) in [6.45, 7) is 3.26. The predicted molar refractivity (Wildman–Crippen MR) is 113 cm³/mol. The normalized spacial score (nSPS) is 22.6. The Labute approximate surface area is 167 Å². The average Bonchev–Trinajstić information content (AvgIpc) is 3.03. The molecule has 0 N–H and O–H groups in total. The molecule has 2 unspecified atom stereocenters. The summed E-state index contributed by atoms with van der Waals surface area (Å²) in [5.41, 5.74) is 5.93. The highest BCUT2D eigenvalue weighted by molar-refractivity contribution is 6.12. The van der Waals surface area contributed by atoms with Gasteiger partial charge in [-0.05, 0) is 71.0 Å². The van der Waals surface area contributed by atoms with Crippen LogP contribution in [0.25, 0.3) is 11.3 Å². The van der Waals surface area contributed by atoms with Gasteiger partial charge in [-0.2, -0.15) is 0 Å². The molecule has 1 aliphatic heterocycles. The maximum Gasteiger partial charge on any atom is 0.313 e. The molecular weight excluding hydrogens is 350 g/mol. The Bertz CT molecular complexity index is 886. The molecule has 5 nitrogen and oxygen atoms in total. The van der Waals surface area contributed by atoms with Crippen molar-refractivity contribution in [2.75, 3.05) is 27.2 Å². The first kappa shape index (κ1) is 18.9. The molecule has 148 valence electrons. The van der Waals surface area contributed by atoms with Gasteiger partial charge in [-0.3, -0.25) is 9.79 Å². The van der Waals surface area contributed by atoms with Crippen molar-refractivity contribution in [1.29, 1.82) is 0 Å². The van der Waals surface area contributed by atoms with Crippen LogP contribution in [0.5, 0.6) is 0 Å². The summed E-state index contributed by atoms with van der Waals surface area (Å²) < 4.78 is 7.65. The third-order valence-electron chi connectivity index (χ3n) is 5.81. The Kier molecular flexibility index (Phi) is 5.36. The number of aromatic nitrogens is 1. The molecule has 0 saturated heterocycles. The van der Waals surface area contributed by atoms with Crippen LogP contribution in [0.1, 0.15) is 37.4 Å². The molecule has 0 radical (unpaired) electrons. The molecule has 0 saturated carbocycles. The number of carbonyl (C=O) groups excluding carboxylic acids is 1. The van der Waals surface area contributed by atoms with Crippen molar-refractivity contribution in [3.63, 3.8) is 0 Å². The quantitative estimate of drug-likeness (QED) is 0.707. The van der Waals surface area contributed by atoms with E-state index in [-0.39, 0.29) is 17.8 Å². The van der Waals surface area contributed by atoms with Gasteiger partial charge < -0.3 is 14.2 Å². The van der Waals surface area contributed by atoms with Gasteiger partial charge in [-0.15, -0.1) is 0 Å². The maximum atomic E-state index is 12.7. The van der Waals surface area contributed by atoms with E-state index in [0.717, 1.165) is 43.6 Å². The molecule has 2 aliphatic carbocycles. The highest BCUT2D eigenvalue weighted by Crippen LogP contribution is 2.41. The third kappa shape index (κ3) is 3.39. The van der Waals surface area contributed by atoms with Crippen molar-refractivity contribution in [3.8, 4) is 0 Å². The molecule has 28 heavy (non-hydrogen) atoms. The van der Waals surface area contributed by atoms with E-state index in [9.17, 15) is 4.79 Å². The van der Waals surface area contributed by atoms with Gasteiger partial charge in [0, 0.05) is 23.9 Å². The van der Waals surface area contributed by atoms with Crippen LogP contribution >= 0.6 is 0 Å². The molecule has 0 fully saturated rings. The van der Waals surface area contributed by atoms with Crippen molar-refractivity contribution in [1.82, 2.24) is 9.47 Å². The first-order valence-corrected chi connectivity index (χ1v) is 10.3. The zero-order chi connectivity index (χ0) is 19.7. The summed E-state index contributed by atoms with van der Waals surface area (Å²) in [5.74, 6) is -0.380. The minimum Gasteiger partial charge on any atom is -0.466 e. The van der Waals surface area contributed by atoms with Gasteiger partial charge in [0.1, 0.15) is 0 Å². The van der Waals surface area contributed by atoms with Gasteiger partial charge in [-0.1, -0.05) is 12.2 Å². The zero-order valence-corrected chi connectivity index (χ0v) is 17.0. The lowest BCUT2D eigenvalue weighted by molar-refractivity contribution is -0.147. The first-order valence-electron chi connectivity index (χ1n) is 10.3. The summed E-state index contributed by atoms with van der Waals surface area (Å²) in [7, 11) is 4.16. The van der Waals surface area contributed by atoms with Gasteiger partial charge in [-0.25, -0.2) is 0 Å². The summed E-state index contributed by atoms with van der Waals surface area (Å²) in [5, 5.41) is 0. The number of carbonyl (C=O) groups is 1. The first-order chi connectivity index (χ1) is 13.6. The highest BCUT2D eigenvalue weighted by Gasteiger charge is 2.36. The van der Waals surface area contributed by atoms with Crippen LogP contribution in [0, 0.1) is 11.8 Å². The molecule has 0 bridgehead atoms. The van der Waals surface area contributed by atoms with Crippen molar-refractivity contribution in [2.24, 2.45) is 16.8 Å². The molecule has 3 aliphatic rings. The van der Waals surface area contributed by atoms with E-state index in [2.05, 4.69) is 48.0 Å². The summed E-state index contributed by atoms with van der Waals surface area (Å²) >= 11 is 0. The van der Waals surface area contributed by atoms with Crippen LogP contribution in [-0.4, -0.2) is 48.9 Å². The number of ether oxygens (including phenoxy) is 1. The van der Waals surface area contributed by atoms with Gasteiger partial charge in [0.25, 0.3) is 0 Å². The summed E-state index contributed by atoms with van der Waals surface area (Å²) in [6, 6.07) is 2.22. The molecule has 1 aromatic rings. The number of hydrogen-bond acceptors (Lipinski definition) is 4. The lowest BCUT2D eigenvalue weighted by Crippen LogP contribution is -2.29. The standard InChI is InChI=1S/C23H29N3O2/c1-4-28-23(27)19-10-11-20-21(18(19)9-6-13-25(2)3)24-15-17-8-5-7-16-12-14-26(20)22(16)17/h8,10-12,14-15,18-19H,4-7,9,13H2,1-3H3. The molecule has 5 heteroatoms. The van der Waals surface area contributed by atoms with Crippen molar-refractivity contribution >= 4 is 23.5 Å². The lowest BCUT2D eigenvalue weighted by Gasteiger charge is -2.29. The van der Waals surface area contributed by atoms with Crippen LogP contribution in [0.2, 0.25) is 0 Å². The zero-order valence-electron chi connectivity index (χ0n) is 17.0. The Morgan fingerprint density at radius 2 is 2.25 bits per heavy atom. The largest absolute Gasteiger partial charge is 0.466 e. The highest BCUT2D eigenvalue weighted by atomic mass is 16.5. The van der Waals surface area contributed by atoms with E-state index in [4.69, 9.17) is 9.73 Å². The number of allylic oxidation sites excluding steroid dienone is 5. The van der Waals surface area contributed by atoms with Crippen LogP contribution in [-0.2, 0) is 16.0 Å². The van der Waals surface area contributed by atoms with Crippen LogP contribution in [0.15, 0.2) is 41.2 Å². The lowest BCUT2D eigenvalue weighted by atomic mass is 9.81. The van der Waals surface area contributed by atoms with Gasteiger partial charge >= 0.3 is 5.97 Å². The van der Waals surface area contributed by atoms with E-state index in [1.807, 2.05) is 19.2 Å². The van der Waals surface area contributed by atoms with E-state index < -0.39 is 0 Å². The molecule has 1 aromatic heterocycles. The number of rotatable bonds is 6. The fourth-order valence-electron chi connectivity index (χ4n) is 4.50. The Hall–Kier alpha value is -2.40. The number of hydrogen-bond donors (Lipinski definition) is 0. The SMILES string of the molecule is CCOC(=O)C1C=CC2=C(N=CC3=CCCc4ccn2c43)C1CCCN(C)C. The number of nitrogens with zero attached hydrogens (tertiary/aromatic N) is 3. The smallest absolute Gasteiger partial charge is 0.313 e. The van der Waals surface area contributed by atoms with Gasteiger partial charge in [0.05, 0.1) is 29.6 Å². The van der Waals surface area contributed by atoms with Crippen molar-refractivity contribution < 1.29 is 9.53 Å².